The molecule has 1 atom stereocenters. The highest BCUT2D eigenvalue weighted by molar-refractivity contribution is 5.90. The average Bonchev–Trinajstić information content (AvgIpc) is 3.22. The number of carbonyl (C=O) groups is 2. The first-order chi connectivity index (χ1) is 15.6. The van der Waals surface area contributed by atoms with E-state index in [2.05, 4.69) is 4.98 Å². The van der Waals surface area contributed by atoms with Crippen molar-refractivity contribution in [2.75, 3.05) is 32.8 Å². The number of piperazine rings is 1. The van der Waals surface area contributed by atoms with E-state index in [1.165, 1.54) is 0 Å². The molecule has 3 aromatic rings. The van der Waals surface area contributed by atoms with E-state index in [4.69, 9.17) is 9.47 Å². The van der Waals surface area contributed by atoms with Crippen molar-refractivity contribution in [1.82, 2.24) is 14.8 Å². The Morgan fingerprint density at radius 3 is 2.53 bits per heavy atom. The molecule has 0 bridgehead atoms. The van der Waals surface area contributed by atoms with Crippen LogP contribution in [0.4, 0.5) is 4.79 Å². The Hall–Kier alpha value is -3.52. The van der Waals surface area contributed by atoms with Gasteiger partial charge in [-0.1, -0.05) is 30.3 Å². The fourth-order valence-corrected chi connectivity index (χ4v) is 4.05. The van der Waals surface area contributed by atoms with Gasteiger partial charge in [0.05, 0.1) is 6.61 Å². The van der Waals surface area contributed by atoms with Gasteiger partial charge in [-0.3, -0.25) is 9.69 Å². The molecule has 0 aliphatic carbocycles. The van der Waals surface area contributed by atoms with Crippen molar-refractivity contribution in [3.05, 3.63) is 65.9 Å². The number of fused-ring (bicyclic) bond motifs is 1. The van der Waals surface area contributed by atoms with Crippen LogP contribution in [0.25, 0.3) is 10.9 Å². The van der Waals surface area contributed by atoms with Crippen LogP contribution < -0.4 is 4.74 Å². The standard InChI is InChI=1S/C24H27N3O5/c1-2-31-24(30)27-12-10-26(11-13-27)22(23(28)29)20-15-25-21-14-18(8-9-19(20)21)32-16-17-6-4-3-5-7-17/h3-9,14-15,22,25H,2,10-13,16H2,1H3,(H,28,29)/t22-/m0/s1. The van der Waals surface area contributed by atoms with Gasteiger partial charge in [-0.25, -0.2) is 4.79 Å². The number of aromatic nitrogens is 1. The minimum atomic E-state index is -0.917. The second-order valence-electron chi connectivity index (χ2n) is 7.69. The molecule has 0 spiro atoms. The van der Waals surface area contributed by atoms with Crippen molar-refractivity contribution in [2.24, 2.45) is 0 Å². The Bertz CT molecular complexity index is 1070. The Labute approximate surface area is 186 Å². The summed E-state index contributed by atoms with van der Waals surface area (Å²) in [5.41, 5.74) is 2.60. The van der Waals surface area contributed by atoms with E-state index in [-0.39, 0.29) is 6.09 Å². The van der Waals surface area contributed by atoms with Crippen LogP contribution in [-0.2, 0) is 16.1 Å². The molecular formula is C24H27N3O5. The van der Waals surface area contributed by atoms with Crippen LogP contribution >= 0.6 is 0 Å². The lowest BCUT2D eigenvalue weighted by Gasteiger charge is -2.37. The van der Waals surface area contributed by atoms with E-state index in [9.17, 15) is 14.7 Å². The van der Waals surface area contributed by atoms with E-state index in [0.29, 0.717) is 50.7 Å². The Morgan fingerprint density at radius 1 is 1.09 bits per heavy atom. The molecule has 8 heteroatoms. The second kappa shape index (κ2) is 9.74. The highest BCUT2D eigenvalue weighted by atomic mass is 16.6. The van der Waals surface area contributed by atoms with Crippen LogP contribution in [0.3, 0.4) is 0 Å². The summed E-state index contributed by atoms with van der Waals surface area (Å²) in [6.45, 7) is 4.33. The molecule has 0 radical (unpaired) electrons. The van der Waals surface area contributed by atoms with Crippen LogP contribution in [0.15, 0.2) is 54.7 Å². The summed E-state index contributed by atoms with van der Waals surface area (Å²) in [7, 11) is 0. The first kappa shape index (κ1) is 21.7. The van der Waals surface area contributed by atoms with Crippen molar-refractivity contribution in [3.63, 3.8) is 0 Å². The summed E-state index contributed by atoms with van der Waals surface area (Å²) in [6, 6.07) is 14.8. The normalized spacial score (nSPS) is 15.5. The number of amides is 1. The van der Waals surface area contributed by atoms with Crippen molar-refractivity contribution in [2.45, 2.75) is 19.6 Å². The molecule has 1 amide bonds. The van der Waals surface area contributed by atoms with Gasteiger partial charge in [0.2, 0.25) is 0 Å². The zero-order valence-electron chi connectivity index (χ0n) is 18.0. The zero-order chi connectivity index (χ0) is 22.5. The van der Waals surface area contributed by atoms with E-state index < -0.39 is 12.0 Å². The van der Waals surface area contributed by atoms with Gasteiger partial charge in [0.1, 0.15) is 18.4 Å². The third-order valence-corrected chi connectivity index (χ3v) is 5.67. The van der Waals surface area contributed by atoms with E-state index in [0.717, 1.165) is 16.5 Å². The Kier molecular flexibility index (Phi) is 6.61. The average molecular weight is 437 g/mol. The van der Waals surface area contributed by atoms with Crippen molar-refractivity contribution in [3.8, 4) is 5.75 Å². The van der Waals surface area contributed by atoms with Gasteiger partial charge < -0.3 is 24.5 Å². The lowest BCUT2D eigenvalue weighted by Crippen LogP contribution is -2.51. The maximum absolute atomic E-state index is 12.2. The molecule has 168 valence electrons. The van der Waals surface area contributed by atoms with Gasteiger partial charge in [0.15, 0.2) is 0 Å². The smallest absolute Gasteiger partial charge is 0.409 e. The fourth-order valence-electron chi connectivity index (χ4n) is 4.05. The number of nitrogens with one attached hydrogen (secondary N) is 1. The van der Waals surface area contributed by atoms with Gasteiger partial charge in [-0.05, 0) is 24.6 Å². The molecule has 1 aliphatic heterocycles. The Morgan fingerprint density at radius 2 is 1.84 bits per heavy atom. The fraction of sp³-hybridized carbons (Fsp3) is 0.333. The number of ether oxygens (including phenoxy) is 2. The summed E-state index contributed by atoms with van der Waals surface area (Å²) in [4.78, 5) is 30.8. The molecule has 1 saturated heterocycles. The molecule has 0 unspecified atom stereocenters. The predicted molar refractivity (Wildman–Crippen MR) is 120 cm³/mol. The quantitative estimate of drug-likeness (QED) is 0.586. The summed E-state index contributed by atoms with van der Waals surface area (Å²) in [5.74, 6) is -0.204. The maximum atomic E-state index is 12.2. The number of carboxylic acid groups (broad SMARTS) is 1. The number of carbonyl (C=O) groups excluding carboxylic acids is 1. The van der Waals surface area contributed by atoms with Crippen molar-refractivity contribution >= 4 is 23.0 Å². The van der Waals surface area contributed by atoms with Crippen molar-refractivity contribution in [1.29, 1.82) is 0 Å². The van der Waals surface area contributed by atoms with Crippen LogP contribution in [0.2, 0.25) is 0 Å². The van der Waals surface area contributed by atoms with Gasteiger partial charge in [-0.2, -0.15) is 0 Å². The first-order valence-electron chi connectivity index (χ1n) is 10.7. The van der Waals surface area contributed by atoms with E-state index >= 15 is 0 Å². The highest BCUT2D eigenvalue weighted by Crippen LogP contribution is 2.31. The predicted octanol–water partition coefficient (Wildman–Crippen LogP) is 3.65. The molecule has 0 saturated carbocycles. The minimum Gasteiger partial charge on any atom is -0.489 e. The molecule has 8 nitrogen and oxygen atoms in total. The number of aliphatic carboxylic acids is 1. The molecule has 32 heavy (non-hydrogen) atoms. The molecule has 4 rings (SSSR count). The topological polar surface area (TPSA) is 95.1 Å². The summed E-state index contributed by atoms with van der Waals surface area (Å²) >= 11 is 0. The van der Waals surface area contributed by atoms with Crippen LogP contribution in [0, 0.1) is 0 Å². The number of rotatable bonds is 7. The molecule has 2 heterocycles. The highest BCUT2D eigenvalue weighted by Gasteiger charge is 2.33. The van der Waals surface area contributed by atoms with E-state index in [1.807, 2.05) is 53.4 Å². The lowest BCUT2D eigenvalue weighted by atomic mass is 10.0. The summed E-state index contributed by atoms with van der Waals surface area (Å²) < 4.78 is 10.9. The maximum Gasteiger partial charge on any atom is 0.409 e. The van der Waals surface area contributed by atoms with Crippen molar-refractivity contribution < 1.29 is 24.2 Å². The summed E-state index contributed by atoms with van der Waals surface area (Å²) in [6.07, 6.45) is 1.40. The van der Waals surface area contributed by atoms with Crippen LogP contribution in [0.5, 0.6) is 5.75 Å². The number of H-pyrrole nitrogens is 1. The van der Waals surface area contributed by atoms with Gasteiger partial charge in [0, 0.05) is 54.9 Å². The zero-order valence-corrected chi connectivity index (χ0v) is 18.0. The molecule has 2 aromatic carbocycles. The molecule has 1 aliphatic rings. The number of aromatic amines is 1. The number of hydrogen-bond acceptors (Lipinski definition) is 5. The monoisotopic (exact) mass is 437 g/mol. The number of carboxylic acids is 1. The van der Waals surface area contributed by atoms with Crippen LogP contribution in [0.1, 0.15) is 24.1 Å². The number of hydrogen-bond donors (Lipinski definition) is 2. The van der Waals surface area contributed by atoms with E-state index in [1.54, 1.807) is 18.0 Å². The minimum absolute atomic E-state index is 0.323. The lowest BCUT2D eigenvalue weighted by molar-refractivity contribution is -0.144. The summed E-state index contributed by atoms with van der Waals surface area (Å²) in [5, 5.41) is 10.8. The second-order valence-corrected chi connectivity index (χ2v) is 7.69. The third-order valence-electron chi connectivity index (χ3n) is 5.67. The first-order valence-corrected chi connectivity index (χ1v) is 10.7. The van der Waals surface area contributed by atoms with Gasteiger partial charge in [-0.15, -0.1) is 0 Å². The number of nitrogens with zero attached hydrogens (tertiary/aromatic N) is 2. The molecule has 2 N–H and O–H groups in total. The largest absolute Gasteiger partial charge is 0.489 e. The van der Waals surface area contributed by atoms with Gasteiger partial charge in [0.25, 0.3) is 0 Å². The van der Waals surface area contributed by atoms with Crippen LogP contribution in [-0.4, -0.2) is 64.7 Å². The van der Waals surface area contributed by atoms with Gasteiger partial charge >= 0.3 is 12.1 Å². The third kappa shape index (κ3) is 4.70. The molecular weight excluding hydrogens is 410 g/mol. The SMILES string of the molecule is CCOC(=O)N1CCN([C@H](C(=O)O)c2c[nH]c3cc(OCc4ccccc4)ccc23)CC1. The molecule has 1 fully saturated rings. The molecule has 1 aromatic heterocycles. The number of benzene rings is 2. The Balaban J connectivity index is 1.48.